The predicted molar refractivity (Wildman–Crippen MR) is 80.7 cm³/mol. The SMILES string of the molecule is O=C(COC(=O)Cc1ccsc1)Nc1cccc([N+](=O)[O-])c1. The molecule has 22 heavy (non-hydrogen) atoms. The highest BCUT2D eigenvalue weighted by Gasteiger charge is 2.11. The number of anilines is 1. The molecule has 1 aromatic heterocycles. The van der Waals surface area contributed by atoms with Gasteiger partial charge in [-0.2, -0.15) is 11.3 Å². The molecule has 0 aliphatic heterocycles. The Morgan fingerprint density at radius 3 is 2.82 bits per heavy atom. The van der Waals surface area contributed by atoms with Gasteiger partial charge in [0.2, 0.25) is 0 Å². The van der Waals surface area contributed by atoms with Gasteiger partial charge >= 0.3 is 5.97 Å². The van der Waals surface area contributed by atoms with Crippen LogP contribution in [0, 0.1) is 10.1 Å². The van der Waals surface area contributed by atoms with Gasteiger partial charge in [-0.1, -0.05) is 6.07 Å². The number of nitrogens with one attached hydrogen (secondary N) is 1. The molecule has 1 aromatic carbocycles. The number of benzene rings is 1. The molecule has 7 nitrogen and oxygen atoms in total. The molecule has 114 valence electrons. The average molecular weight is 320 g/mol. The van der Waals surface area contributed by atoms with E-state index in [2.05, 4.69) is 5.32 Å². The number of esters is 1. The number of thiophene rings is 1. The van der Waals surface area contributed by atoms with Crippen molar-refractivity contribution in [2.75, 3.05) is 11.9 Å². The number of carbonyl (C=O) groups excluding carboxylic acids is 2. The van der Waals surface area contributed by atoms with Gasteiger partial charge in [-0.05, 0) is 28.5 Å². The lowest BCUT2D eigenvalue weighted by Crippen LogP contribution is -2.21. The minimum Gasteiger partial charge on any atom is -0.455 e. The summed E-state index contributed by atoms with van der Waals surface area (Å²) in [5.74, 6) is -1.06. The Balaban J connectivity index is 1.81. The van der Waals surface area contributed by atoms with E-state index >= 15 is 0 Å². The van der Waals surface area contributed by atoms with Crippen molar-refractivity contribution in [3.8, 4) is 0 Å². The van der Waals surface area contributed by atoms with Crippen molar-refractivity contribution in [2.24, 2.45) is 0 Å². The number of hydrogen-bond acceptors (Lipinski definition) is 6. The summed E-state index contributed by atoms with van der Waals surface area (Å²) >= 11 is 1.47. The summed E-state index contributed by atoms with van der Waals surface area (Å²) in [5.41, 5.74) is 0.967. The Kier molecular flexibility index (Phi) is 5.21. The van der Waals surface area contributed by atoms with E-state index in [0.29, 0.717) is 0 Å². The second-order valence-corrected chi connectivity index (χ2v) is 5.10. The molecule has 1 amide bonds. The first-order valence-electron chi connectivity index (χ1n) is 6.25. The van der Waals surface area contributed by atoms with Gasteiger partial charge in [0, 0.05) is 17.8 Å². The molecule has 0 unspecified atom stereocenters. The van der Waals surface area contributed by atoms with Crippen molar-refractivity contribution in [1.82, 2.24) is 0 Å². The molecule has 1 heterocycles. The minimum atomic E-state index is -0.559. The average Bonchev–Trinajstić information content (AvgIpc) is 2.98. The highest BCUT2D eigenvalue weighted by molar-refractivity contribution is 7.07. The molecule has 1 N–H and O–H groups in total. The topological polar surface area (TPSA) is 98.5 Å². The summed E-state index contributed by atoms with van der Waals surface area (Å²) in [5, 5.41) is 16.7. The summed E-state index contributed by atoms with van der Waals surface area (Å²) in [6.45, 7) is -0.439. The van der Waals surface area contributed by atoms with Crippen LogP contribution in [0.2, 0.25) is 0 Å². The summed E-state index contributed by atoms with van der Waals surface area (Å²) in [6.07, 6.45) is 0.105. The van der Waals surface area contributed by atoms with Gasteiger partial charge in [-0.3, -0.25) is 19.7 Å². The summed E-state index contributed by atoms with van der Waals surface area (Å²) in [6, 6.07) is 7.31. The van der Waals surface area contributed by atoms with Gasteiger partial charge in [-0.25, -0.2) is 0 Å². The Morgan fingerprint density at radius 2 is 2.14 bits per heavy atom. The number of rotatable bonds is 6. The van der Waals surface area contributed by atoms with E-state index in [-0.39, 0.29) is 17.8 Å². The number of ether oxygens (including phenoxy) is 1. The van der Waals surface area contributed by atoms with Gasteiger partial charge in [0.1, 0.15) is 0 Å². The smallest absolute Gasteiger partial charge is 0.310 e. The Hall–Kier alpha value is -2.74. The largest absolute Gasteiger partial charge is 0.455 e. The molecule has 2 aromatic rings. The van der Waals surface area contributed by atoms with Crippen LogP contribution in [0.5, 0.6) is 0 Å². The third-order valence-electron chi connectivity index (χ3n) is 2.63. The van der Waals surface area contributed by atoms with Gasteiger partial charge in [-0.15, -0.1) is 0 Å². The number of amides is 1. The van der Waals surface area contributed by atoms with E-state index in [4.69, 9.17) is 4.74 Å². The third kappa shape index (κ3) is 4.67. The molecule has 0 fully saturated rings. The number of nitro benzene ring substituents is 1. The zero-order valence-corrected chi connectivity index (χ0v) is 12.2. The van der Waals surface area contributed by atoms with E-state index in [1.54, 1.807) is 6.07 Å². The van der Waals surface area contributed by atoms with Crippen LogP contribution in [0.3, 0.4) is 0 Å². The summed E-state index contributed by atoms with van der Waals surface area (Å²) < 4.78 is 4.85. The lowest BCUT2D eigenvalue weighted by atomic mass is 10.2. The molecule has 0 spiro atoms. The van der Waals surface area contributed by atoms with Crippen molar-refractivity contribution in [2.45, 2.75) is 6.42 Å². The van der Waals surface area contributed by atoms with Crippen LogP contribution >= 0.6 is 11.3 Å². The van der Waals surface area contributed by atoms with Crippen molar-refractivity contribution < 1.29 is 19.2 Å². The van der Waals surface area contributed by atoms with Gasteiger partial charge in [0.05, 0.1) is 11.3 Å². The van der Waals surface area contributed by atoms with Crippen LogP contribution in [-0.2, 0) is 20.7 Å². The molecule has 0 saturated carbocycles. The lowest BCUT2D eigenvalue weighted by molar-refractivity contribution is -0.384. The fourth-order valence-electron chi connectivity index (χ4n) is 1.65. The summed E-state index contributed by atoms with van der Waals surface area (Å²) in [4.78, 5) is 33.2. The van der Waals surface area contributed by atoms with E-state index < -0.39 is 23.4 Å². The molecule has 2 rings (SSSR count). The number of nitro groups is 1. The zero-order chi connectivity index (χ0) is 15.9. The van der Waals surface area contributed by atoms with Crippen LogP contribution in [-0.4, -0.2) is 23.4 Å². The summed E-state index contributed by atoms with van der Waals surface area (Å²) in [7, 11) is 0. The molecule has 0 saturated heterocycles. The zero-order valence-electron chi connectivity index (χ0n) is 11.4. The Morgan fingerprint density at radius 1 is 1.32 bits per heavy atom. The standard InChI is InChI=1S/C14H12N2O5S/c17-13(8-21-14(18)6-10-4-5-22-9-10)15-11-2-1-3-12(7-11)16(19)20/h1-5,7,9H,6,8H2,(H,15,17). The Bertz CT molecular complexity index is 684. The number of carbonyl (C=O) groups is 2. The molecular weight excluding hydrogens is 308 g/mol. The molecule has 0 aliphatic rings. The van der Waals surface area contributed by atoms with Crippen LogP contribution in [0.15, 0.2) is 41.1 Å². The highest BCUT2D eigenvalue weighted by Crippen LogP contribution is 2.16. The number of hydrogen-bond donors (Lipinski definition) is 1. The van der Waals surface area contributed by atoms with Crippen molar-refractivity contribution in [1.29, 1.82) is 0 Å². The maximum absolute atomic E-state index is 11.6. The van der Waals surface area contributed by atoms with E-state index in [1.165, 1.54) is 35.6 Å². The first-order chi connectivity index (χ1) is 10.5. The third-order valence-corrected chi connectivity index (χ3v) is 3.37. The van der Waals surface area contributed by atoms with Crippen LogP contribution in [0.1, 0.15) is 5.56 Å². The quantitative estimate of drug-likeness (QED) is 0.500. The van der Waals surface area contributed by atoms with E-state index in [1.807, 2.05) is 10.8 Å². The van der Waals surface area contributed by atoms with Gasteiger partial charge in [0.15, 0.2) is 6.61 Å². The van der Waals surface area contributed by atoms with Crippen LogP contribution in [0.4, 0.5) is 11.4 Å². The van der Waals surface area contributed by atoms with Crippen molar-refractivity contribution in [3.63, 3.8) is 0 Å². The number of non-ortho nitro benzene ring substituents is 1. The van der Waals surface area contributed by atoms with Crippen molar-refractivity contribution >= 4 is 34.6 Å². The van der Waals surface area contributed by atoms with E-state index in [9.17, 15) is 19.7 Å². The Labute approximate surface area is 129 Å². The van der Waals surface area contributed by atoms with Gasteiger partial charge in [0.25, 0.3) is 11.6 Å². The second kappa shape index (κ2) is 7.32. The van der Waals surface area contributed by atoms with Crippen LogP contribution < -0.4 is 5.32 Å². The van der Waals surface area contributed by atoms with E-state index in [0.717, 1.165) is 5.56 Å². The fraction of sp³-hybridized carbons (Fsp3) is 0.143. The first kappa shape index (κ1) is 15.6. The predicted octanol–water partition coefficient (Wildman–Crippen LogP) is 2.38. The monoisotopic (exact) mass is 320 g/mol. The molecule has 0 bridgehead atoms. The number of nitrogens with zero attached hydrogens (tertiary/aromatic N) is 1. The maximum atomic E-state index is 11.6. The fourth-order valence-corrected chi connectivity index (χ4v) is 2.32. The molecule has 8 heteroatoms. The molecule has 0 atom stereocenters. The second-order valence-electron chi connectivity index (χ2n) is 4.32. The molecular formula is C14H12N2O5S. The minimum absolute atomic E-state index is 0.105. The maximum Gasteiger partial charge on any atom is 0.310 e. The first-order valence-corrected chi connectivity index (χ1v) is 7.20. The van der Waals surface area contributed by atoms with Gasteiger partial charge < -0.3 is 10.1 Å². The highest BCUT2D eigenvalue weighted by atomic mass is 32.1. The molecule has 0 radical (unpaired) electrons. The normalized spacial score (nSPS) is 10.0. The molecule has 0 aliphatic carbocycles. The van der Waals surface area contributed by atoms with Crippen LogP contribution in [0.25, 0.3) is 0 Å². The van der Waals surface area contributed by atoms with Crippen molar-refractivity contribution in [3.05, 3.63) is 56.8 Å². The lowest BCUT2D eigenvalue weighted by Gasteiger charge is -2.06.